The molecule has 1 aromatic carbocycles. The van der Waals surface area contributed by atoms with E-state index in [1.54, 1.807) is 7.11 Å². The topological polar surface area (TPSA) is 38.5 Å². The normalized spacial score (nSPS) is 11.3. The third-order valence-electron chi connectivity index (χ3n) is 3.05. The van der Waals surface area contributed by atoms with Crippen molar-refractivity contribution in [1.29, 1.82) is 0 Å². The molecule has 0 atom stereocenters. The van der Waals surface area contributed by atoms with E-state index >= 15 is 0 Å². The molecule has 0 saturated carbocycles. The predicted octanol–water partition coefficient (Wildman–Crippen LogP) is 2.63. The second-order valence-electron chi connectivity index (χ2n) is 5.07. The quantitative estimate of drug-likeness (QED) is 0.808. The molecule has 0 bridgehead atoms. The molecule has 0 aliphatic heterocycles. The van der Waals surface area contributed by atoms with Crippen molar-refractivity contribution in [3.05, 3.63) is 29.3 Å². The largest absolute Gasteiger partial charge is 0.496 e. The number of rotatable bonds is 7. The average molecular weight is 250 g/mol. The van der Waals surface area contributed by atoms with Crippen LogP contribution in [0.5, 0.6) is 5.75 Å². The summed E-state index contributed by atoms with van der Waals surface area (Å²) in [7, 11) is 1.72. The van der Waals surface area contributed by atoms with Crippen molar-refractivity contribution in [2.45, 2.75) is 33.9 Å². The van der Waals surface area contributed by atoms with Gasteiger partial charge in [-0.2, -0.15) is 0 Å². The summed E-state index contributed by atoms with van der Waals surface area (Å²) in [6.07, 6.45) is 0. The highest BCUT2D eigenvalue weighted by atomic mass is 16.5. The van der Waals surface area contributed by atoms with Crippen molar-refractivity contribution in [1.82, 2.24) is 4.90 Å². The lowest BCUT2D eigenvalue weighted by Crippen LogP contribution is -2.27. The Bertz CT molecular complexity index is 364. The fourth-order valence-electron chi connectivity index (χ4n) is 2.15. The summed E-state index contributed by atoms with van der Waals surface area (Å²) in [5.41, 5.74) is 8.08. The van der Waals surface area contributed by atoms with Gasteiger partial charge in [-0.15, -0.1) is 0 Å². The van der Waals surface area contributed by atoms with Gasteiger partial charge in [0.15, 0.2) is 0 Å². The average Bonchev–Trinajstić information content (AvgIpc) is 2.37. The number of hydrogen-bond donors (Lipinski definition) is 1. The second kappa shape index (κ2) is 7.39. The molecule has 18 heavy (non-hydrogen) atoms. The zero-order valence-corrected chi connectivity index (χ0v) is 12.1. The Morgan fingerprint density at radius 3 is 2.56 bits per heavy atom. The number of ether oxygens (including phenoxy) is 1. The fourth-order valence-corrected chi connectivity index (χ4v) is 2.15. The van der Waals surface area contributed by atoms with Crippen LogP contribution in [0.15, 0.2) is 18.2 Å². The second-order valence-corrected chi connectivity index (χ2v) is 5.07. The molecule has 0 radical (unpaired) electrons. The zero-order valence-electron chi connectivity index (χ0n) is 12.1. The third-order valence-corrected chi connectivity index (χ3v) is 3.05. The highest BCUT2D eigenvalue weighted by Gasteiger charge is 2.10. The highest BCUT2D eigenvalue weighted by molar-refractivity contribution is 5.37. The van der Waals surface area contributed by atoms with Crippen molar-refractivity contribution in [3.63, 3.8) is 0 Å². The Morgan fingerprint density at radius 2 is 2.06 bits per heavy atom. The maximum atomic E-state index is 5.70. The summed E-state index contributed by atoms with van der Waals surface area (Å²) in [6.45, 7) is 10.3. The number of hydrogen-bond acceptors (Lipinski definition) is 3. The highest BCUT2D eigenvalue weighted by Crippen LogP contribution is 2.22. The van der Waals surface area contributed by atoms with Gasteiger partial charge in [0.25, 0.3) is 0 Å². The van der Waals surface area contributed by atoms with Gasteiger partial charge >= 0.3 is 0 Å². The maximum Gasteiger partial charge on any atom is 0.123 e. The molecule has 102 valence electrons. The lowest BCUT2D eigenvalue weighted by Gasteiger charge is -2.23. The minimum atomic E-state index is 0.577. The van der Waals surface area contributed by atoms with Crippen LogP contribution in [0, 0.1) is 5.92 Å². The van der Waals surface area contributed by atoms with Crippen molar-refractivity contribution in [2.24, 2.45) is 11.7 Å². The van der Waals surface area contributed by atoms with Crippen LogP contribution >= 0.6 is 0 Å². The van der Waals surface area contributed by atoms with Crippen LogP contribution in [0.2, 0.25) is 0 Å². The first kappa shape index (κ1) is 15.0. The zero-order chi connectivity index (χ0) is 13.5. The molecular formula is C15H26N2O. The Morgan fingerprint density at radius 1 is 1.33 bits per heavy atom. The molecule has 0 spiro atoms. The van der Waals surface area contributed by atoms with E-state index in [1.165, 1.54) is 5.56 Å². The van der Waals surface area contributed by atoms with Gasteiger partial charge in [0.1, 0.15) is 5.75 Å². The molecule has 0 fully saturated rings. The van der Waals surface area contributed by atoms with Gasteiger partial charge in [-0.25, -0.2) is 0 Å². The van der Waals surface area contributed by atoms with Gasteiger partial charge in [0.2, 0.25) is 0 Å². The number of methoxy groups -OCH3 is 1. The standard InChI is InChI=1S/C15H26N2O/c1-5-17(10-12(2)3)11-14-8-13(9-16)6-7-15(14)18-4/h6-8,12H,5,9-11,16H2,1-4H3. The molecule has 0 amide bonds. The van der Waals surface area contributed by atoms with Gasteiger partial charge in [-0.05, 0) is 30.2 Å². The lowest BCUT2D eigenvalue weighted by atomic mass is 10.1. The smallest absolute Gasteiger partial charge is 0.123 e. The molecule has 0 aromatic heterocycles. The van der Waals surface area contributed by atoms with Crippen molar-refractivity contribution in [3.8, 4) is 5.75 Å². The summed E-state index contributed by atoms with van der Waals surface area (Å²) < 4.78 is 5.43. The summed E-state index contributed by atoms with van der Waals surface area (Å²) in [5, 5.41) is 0. The van der Waals surface area contributed by atoms with E-state index in [2.05, 4.69) is 31.7 Å². The van der Waals surface area contributed by atoms with Gasteiger partial charge in [0.05, 0.1) is 7.11 Å². The first-order chi connectivity index (χ1) is 8.60. The van der Waals surface area contributed by atoms with Crippen LogP contribution < -0.4 is 10.5 Å². The minimum Gasteiger partial charge on any atom is -0.496 e. The molecule has 0 unspecified atom stereocenters. The third kappa shape index (κ3) is 4.31. The Balaban J connectivity index is 2.85. The molecule has 2 N–H and O–H groups in total. The van der Waals surface area contributed by atoms with E-state index < -0.39 is 0 Å². The fraction of sp³-hybridized carbons (Fsp3) is 0.600. The summed E-state index contributed by atoms with van der Waals surface area (Å²) >= 11 is 0. The Labute approximate surface area is 111 Å². The van der Waals surface area contributed by atoms with E-state index in [1.807, 2.05) is 12.1 Å². The molecule has 3 nitrogen and oxygen atoms in total. The van der Waals surface area contributed by atoms with E-state index in [4.69, 9.17) is 10.5 Å². The lowest BCUT2D eigenvalue weighted by molar-refractivity contribution is 0.244. The van der Waals surface area contributed by atoms with Crippen molar-refractivity contribution >= 4 is 0 Å². The van der Waals surface area contributed by atoms with Crippen LogP contribution in [0.3, 0.4) is 0 Å². The van der Waals surface area contributed by atoms with E-state index in [0.29, 0.717) is 12.5 Å². The van der Waals surface area contributed by atoms with Gasteiger partial charge in [0, 0.05) is 25.2 Å². The molecule has 0 saturated heterocycles. The van der Waals surface area contributed by atoms with Crippen molar-refractivity contribution in [2.75, 3.05) is 20.2 Å². The predicted molar refractivity (Wildman–Crippen MR) is 76.7 cm³/mol. The summed E-state index contributed by atoms with van der Waals surface area (Å²) in [6, 6.07) is 6.20. The van der Waals surface area contributed by atoms with Crippen LogP contribution in [0.25, 0.3) is 0 Å². The molecule has 3 heteroatoms. The molecule has 0 heterocycles. The Kier molecular flexibility index (Phi) is 6.16. The minimum absolute atomic E-state index is 0.577. The van der Waals surface area contributed by atoms with Gasteiger partial charge < -0.3 is 10.5 Å². The molecule has 0 aliphatic rings. The summed E-state index contributed by atoms with van der Waals surface area (Å²) in [5.74, 6) is 1.63. The van der Waals surface area contributed by atoms with E-state index in [0.717, 1.165) is 30.9 Å². The van der Waals surface area contributed by atoms with Crippen LogP contribution in [0.4, 0.5) is 0 Å². The van der Waals surface area contributed by atoms with Gasteiger partial charge in [-0.1, -0.05) is 26.8 Å². The molecular weight excluding hydrogens is 224 g/mol. The summed E-state index contributed by atoms with van der Waals surface area (Å²) in [4.78, 5) is 2.43. The first-order valence-corrected chi connectivity index (χ1v) is 6.68. The van der Waals surface area contributed by atoms with Crippen LogP contribution in [-0.4, -0.2) is 25.1 Å². The molecule has 1 rings (SSSR count). The number of nitrogens with two attached hydrogens (primary N) is 1. The maximum absolute atomic E-state index is 5.70. The Hall–Kier alpha value is -1.06. The SMILES string of the molecule is CCN(Cc1cc(CN)ccc1OC)CC(C)C. The molecule has 1 aromatic rings. The monoisotopic (exact) mass is 250 g/mol. The van der Waals surface area contributed by atoms with E-state index in [-0.39, 0.29) is 0 Å². The number of nitrogens with zero attached hydrogens (tertiary/aromatic N) is 1. The van der Waals surface area contributed by atoms with Crippen LogP contribution in [-0.2, 0) is 13.1 Å². The van der Waals surface area contributed by atoms with E-state index in [9.17, 15) is 0 Å². The van der Waals surface area contributed by atoms with Crippen molar-refractivity contribution < 1.29 is 4.74 Å². The molecule has 0 aliphatic carbocycles. The first-order valence-electron chi connectivity index (χ1n) is 6.68. The van der Waals surface area contributed by atoms with Gasteiger partial charge in [-0.3, -0.25) is 4.90 Å². The van der Waals surface area contributed by atoms with Crippen LogP contribution in [0.1, 0.15) is 31.9 Å². The number of benzene rings is 1.